The second-order valence-corrected chi connectivity index (χ2v) is 4.88. The number of nitrogens with one attached hydrogen (secondary N) is 2. The summed E-state index contributed by atoms with van der Waals surface area (Å²) in [7, 11) is 0. The fourth-order valence-corrected chi connectivity index (χ4v) is 3.09. The molecule has 2 aliphatic heterocycles. The molecule has 2 heteroatoms. The molecule has 2 heterocycles. The number of benzene rings is 1. The Kier molecular flexibility index (Phi) is 1.99. The summed E-state index contributed by atoms with van der Waals surface area (Å²) in [4.78, 5) is 0. The second-order valence-electron chi connectivity index (χ2n) is 4.88. The van der Waals surface area contributed by atoms with Crippen LogP contribution in [0.15, 0.2) is 18.2 Å². The Morgan fingerprint density at radius 1 is 1.20 bits per heavy atom. The molecule has 0 amide bonds. The van der Waals surface area contributed by atoms with Crippen LogP contribution >= 0.6 is 0 Å². The predicted octanol–water partition coefficient (Wildman–Crippen LogP) is 2.04. The maximum absolute atomic E-state index is 3.55. The summed E-state index contributed by atoms with van der Waals surface area (Å²) in [5.41, 5.74) is 4.75. The van der Waals surface area contributed by atoms with Crippen molar-refractivity contribution >= 4 is 5.69 Å². The fourth-order valence-electron chi connectivity index (χ4n) is 3.09. The number of para-hydroxylation sites is 1. The Balaban J connectivity index is 2.14. The van der Waals surface area contributed by atoms with Gasteiger partial charge in [-0.3, -0.25) is 0 Å². The Labute approximate surface area is 91.1 Å². The smallest absolute Gasteiger partial charge is 0.0408 e. The minimum atomic E-state index is 0.423. The lowest BCUT2D eigenvalue weighted by atomic mass is 9.73. The molecule has 1 aromatic rings. The van der Waals surface area contributed by atoms with Crippen molar-refractivity contribution in [1.82, 2.24) is 5.32 Å². The summed E-state index contributed by atoms with van der Waals surface area (Å²) in [6.07, 6.45) is 2.57. The molecule has 80 valence electrons. The molecular formula is C13H18N2. The molecule has 1 aromatic carbocycles. The van der Waals surface area contributed by atoms with Crippen molar-refractivity contribution in [3.63, 3.8) is 0 Å². The molecule has 3 rings (SSSR count). The molecular weight excluding hydrogens is 184 g/mol. The zero-order chi connectivity index (χ0) is 10.3. The topological polar surface area (TPSA) is 24.1 Å². The van der Waals surface area contributed by atoms with Crippen LogP contribution in [0.4, 0.5) is 5.69 Å². The van der Waals surface area contributed by atoms with Crippen molar-refractivity contribution in [2.24, 2.45) is 0 Å². The van der Waals surface area contributed by atoms with Crippen LogP contribution < -0.4 is 10.6 Å². The highest BCUT2D eigenvalue weighted by Gasteiger charge is 2.39. The lowest BCUT2D eigenvalue weighted by Gasteiger charge is -2.36. The number of anilines is 1. The summed E-state index contributed by atoms with van der Waals surface area (Å²) in [6, 6.07) is 6.70. The van der Waals surface area contributed by atoms with E-state index in [-0.39, 0.29) is 0 Å². The first-order chi connectivity index (χ1) is 7.32. The zero-order valence-corrected chi connectivity index (χ0v) is 9.27. The normalized spacial score (nSPS) is 28.9. The molecule has 2 nitrogen and oxygen atoms in total. The highest BCUT2D eigenvalue weighted by atomic mass is 15.0. The van der Waals surface area contributed by atoms with Crippen molar-refractivity contribution in [3.05, 3.63) is 29.3 Å². The minimum Gasteiger partial charge on any atom is -0.385 e. The highest BCUT2D eigenvalue weighted by Crippen LogP contribution is 2.42. The van der Waals surface area contributed by atoms with Crippen molar-refractivity contribution in [1.29, 1.82) is 0 Å². The van der Waals surface area contributed by atoms with Crippen molar-refractivity contribution in [2.75, 3.05) is 25.0 Å². The average Bonchev–Trinajstić information content (AvgIpc) is 2.70. The fraction of sp³-hybridized carbons (Fsp3) is 0.538. The third kappa shape index (κ3) is 1.28. The van der Waals surface area contributed by atoms with Crippen LogP contribution in [0.2, 0.25) is 0 Å². The number of aryl methyl sites for hydroxylation is 1. The van der Waals surface area contributed by atoms with Gasteiger partial charge in [0.25, 0.3) is 0 Å². The lowest BCUT2D eigenvalue weighted by molar-refractivity contribution is 0.434. The first kappa shape index (κ1) is 9.22. The molecule has 0 saturated carbocycles. The molecule has 2 N–H and O–H groups in total. The van der Waals surface area contributed by atoms with Crippen molar-refractivity contribution < 1.29 is 0 Å². The van der Waals surface area contributed by atoms with E-state index < -0.39 is 0 Å². The quantitative estimate of drug-likeness (QED) is 0.672. The van der Waals surface area contributed by atoms with Gasteiger partial charge < -0.3 is 10.6 Å². The lowest BCUT2D eigenvalue weighted by Crippen LogP contribution is -2.36. The summed E-state index contributed by atoms with van der Waals surface area (Å²) < 4.78 is 0. The molecule has 1 unspecified atom stereocenters. The van der Waals surface area contributed by atoms with Gasteiger partial charge in [0.1, 0.15) is 0 Å². The van der Waals surface area contributed by atoms with Gasteiger partial charge in [-0.15, -0.1) is 0 Å². The Morgan fingerprint density at radius 2 is 2.07 bits per heavy atom. The van der Waals surface area contributed by atoms with E-state index in [4.69, 9.17) is 0 Å². The highest BCUT2D eigenvalue weighted by molar-refractivity contribution is 5.62. The maximum Gasteiger partial charge on any atom is 0.0408 e. The van der Waals surface area contributed by atoms with Gasteiger partial charge in [-0.1, -0.05) is 18.2 Å². The van der Waals surface area contributed by atoms with Gasteiger partial charge in [0, 0.05) is 24.2 Å². The zero-order valence-electron chi connectivity index (χ0n) is 9.27. The van der Waals surface area contributed by atoms with E-state index in [0.717, 1.165) is 13.1 Å². The summed E-state index contributed by atoms with van der Waals surface area (Å²) in [5, 5.41) is 7.07. The van der Waals surface area contributed by atoms with Gasteiger partial charge in [-0.2, -0.15) is 0 Å². The van der Waals surface area contributed by atoms with Crippen LogP contribution in [0.5, 0.6) is 0 Å². The molecule has 1 fully saturated rings. The molecule has 1 spiro atoms. The SMILES string of the molecule is Cc1cccc2c1NCCC21CCNC1. The molecule has 1 atom stereocenters. The van der Waals surface area contributed by atoms with E-state index in [9.17, 15) is 0 Å². The van der Waals surface area contributed by atoms with Gasteiger partial charge >= 0.3 is 0 Å². The third-order valence-electron chi connectivity index (χ3n) is 3.99. The van der Waals surface area contributed by atoms with Crippen molar-refractivity contribution in [2.45, 2.75) is 25.2 Å². The molecule has 2 aliphatic rings. The molecule has 0 aliphatic carbocycles. The van der Waals surface area contributed by atoms with Crippen LogP contribution in [-0.2, 0) is 5.41 Å². The second kappa shape index (κ2) is 3.24. The summed E-state index contributed by atoms with van der Waals surface area (Å²) >= 11 is 0. The first-order valence-electron chi connectivity index (χ1n) is 5.87. The number of fused-ring (bicyclic) bond motifs is 2. The number of hydrogen-bond donors (Lipinski definition) is 2. The summed E-state index contributed by atoms with van der Waals surface area (Å²) in [5.74, 6) is 0. The van der Waals surface area contributed by atoms with E-state index in [1.165, 1.54) is 30.6 Å². The average molecular weight is 202 g/mol. The van der Waals surface area contributed by atoms with Gasteiger partial charge in [-0.05, 0) is 37.4 Å². The van der Waals surface area contributed by atoms with Gasteiger partial charge in [0.2, 0.25) is 0 Å². The van der Waals surface area contributed by atoms with Crippen LogP contribution in [0.3, 0.4) is 0 Å². The monoisotopic (exact) mass is 202 g/mol. The van der Waals surface area contributed by atoms with Crippen molar-refractivity contribution in [3.8, 4) is 0 Å². The van der Waals surface area contributed by atoms with E-state index in [2.05, 4.69) is 35.8 Å². The van der Waals surface area contributed by atoms with E-state index in [0.29, 0.717) is 5.41 Å². The van der Waals surface area contributed by atoms with E-state index >= 15 is 0 Å². The largest absolute Gasteiger partial charge is 0.385 e. The summed E-state index contributed by atoms with van der Waals surface area (Å²) in [6.45, 7) is 5.66. The van der Waals surface area contributed by atoms with E-state index in [1.54, 1.807) is 5.56 Å². The predicted molar refractivity (Wildman–Crippen MR) is 63.5 cm³/mol. The molecule has 0 aromatic heterocycles. The van der Waals surface area contributed by atoms with Gasteiger partial charge in [-0.25, -0.2) is 0 Å². The van der Waals surface area contributed by atoms with Gasteiger partial charge in [0.15, 0.2) is 0 Å². The Morgan fingerprint density at radius 3 is 2.87 bits per heavy atom. The Bertz CT molecular complexity index is 378. The molecule has 0 bridgehead atoms. The molecule has 0 radical (unpaired) electrons. The standard InChI is InChI=1S/C13H18N2/c1-10-3-2-4-11-12(10)15-8-6-13(11)5-7-14-9-13/h2-4,14-15H,5-9H2,1H3. The molecule has 15 heavy (non-hydrogen) atoms. The van der Waals surface area contributed by atoms with E-state index in [1.807, 2.05) is 0 Å². The molecule has 1 saturated heterocycles. The Hall–Kier alpha value is -1.02. The van der Waals surface area contributed by atoms with Crippen LogP contribution in [-0.4, -0.2) is 19.6 Å². The number of rotatable bonds is 0. The van der Waals surface area contributed by atoms with Crippen LogP contribution in [0.1, 0.15) is 24.0 Å². The number of hydrogen-bond acceptors (Lipinski definition) is 2. The maximum atomic E-state index is 3.55. The van der Waals surface area contributed by atoms with Crippen LogP contribution in [0, 0.1) is 6.92 Å². The van der Waals surface area contributed by atoms with Crippen LogP contribution in [0.25, 0.3) is 0 Å². The first-order valence-corrected chi connectivity index (χ1v) is 5.87. The third-order valence-corrected chi connectivity index (χ3v) is 3.99. The minimum absolute atomic E-state index is 0.423. The van der Waals surface area contributed by atoms with Gasteiger partial charge in [0.05, 0.1) is 0 Å².